The van der Waals surface area contributed by atoms with Crippen LogP contribution < -0.4 is 20.1 Å². The summed E-state index contributed by atoms with van der Waals surface area (Å²) in [6, 6.07) is 5.76. The van der Waals surface area contributed by atoms with E-state index >= 15 is 0 Å². The van der Waals surface area contributed by atoms with Gasteiger partial charge in [-0.05, 0) is 31.5 Å². The molecule has 140 valence electrons. The van der Waals surface area contributed by atoms with Gasteiger partial charge in [-0.15, -0.1) is 12.4 Å². The van der Waals surface area contributed by atoms with Crippen molar-refractivity contribution < 1.29 is 14.3 Å². The average molecular weight is 370 g/mol. The van der Waals surface area contributed by atoms with E-state index < -0.39 is 5.41 Å². The molecule has 1 aromatic carbocycles. The number of carbonyl (C=O) groups excluding carboxylic acids is 1. The Labute approximate surface area is 155 Å². The lowest BCUT2D eigenvalue weighted by atomic mass is 9.83. The Bertz CT molecular complexity index is 589. The van der Waals surface area contributed by atoms with Crippen LogP contribution in [0, 0.1) is 0 Å². The minimum atomic E-state index is -0.612. The Kier molecular flexibility index (Phi) is 6.93. The van der Waals surface area contributed by atoms with Crippen molar-refractivity contribution >= 4 is 18.3 Å². The van der Waals surface area contributed by atoms with Gasteiger partial charge < -0.3 is 20.1 Å². The van der Waals surface area contributed by atoms with Crippen LogP contribution >= 0.6 is 12.4 Å². The molecule has 1 fully saturated rings. The normalized spacial score (nSPS) is 17.5. The number of nitrogens with one attached hydrogen (secondary N) is 2. The van der Waals surface area contributed by atoms with Crippen molar-refractivity contribution in [1.82, 2.24) is 15.5 Å². The van der Waals surface area contributed by atoms with E-state index in [2.05, 4.69) is 15.5 Å². The van der Waals surface area contributed by atoms with Crippen molar-refractivity contribution in [2.75, 3.05) is 52.5 Å². The molecule has 0 saturated carbocycles. The molecule has 0 unspecified atom stereocenters. The van der Waals surface area contributed by atoms with Gasteiger partial charge >= 0.3 is 0 Å². The van der Waals surface area contributed by atoms with Gasteiger partial charge in [-0.25, -0.2) is 0 Å². The highest BCUT2D eigenvalue weighted by Gasteiger charge is 2.31. The second kappa shape index (κ2) is 8.74. The smallest absolute Gasteiger partial charge is 0.230 e. The molecule has 0 radical (unpaired) electrons. The summed E-state index contributed by atoms with van der Waals surface area (Å²) in [5, 5.41) is 6.41. The van der Waals surface area contributed by atoms with Crippen LogP contribution in [0.4, 0.5) is 0 Å². The van der Waals surface area contributed by atoms with Crippen LogP contribution in [0.3, 0.4) is 0 Å². The van der Waals surface area contributed by atoms with Crippen LogP contribution in [0.2, 0.25) is 0 Å². The third kappa shape index (κ3) is 4.77. The van der Waals surface area contributed by atoms with Crippen molar-refractivity contribution in [3.63, 3.8) is 0 Å². The number of benzene rings is 1. The molecular formula is C18H28ClN3O3. The van der Waals surface area contributed by atoms with E-state index in [-0.39, 0.29) is 18.3 Å². The molecule has 1 saturated heterocycles. The second-order valence-corrected chi connectivity index (χ2v) is 6.83. The van der Waals surface area contributed by atoms with Gasteiger partial charge in [0, 0.05) is 39.3 Å². The number of halogens is 1. The van der Waals surface area contributed by atoms with E-state index in [1.54, 1.807) is 0 Å². The predicted octanol–water partition coefficient (Wildman–Crippen LogP) is 1.18. The summed E-state index contributed by atoms with van der Waals surface area (Å²) in [5.74, 6) is 1.51. The van der Waals surface area contributed by atoms with Crippen LogP contribution in [-0.2, 0) is 10.2 Å². The minimum absolute atomic E-state index is 0. The van der Waals surface area contributed by atoms with Crippen LogP contribution in [0.5, 0.6) is 11.5 Å². The van der Waals surface area contributed by atoms with E-state index in [0.29, 0.717) is 19.8 Å². The quantitative estimate of drug-likeness (QED) is 0.816. The lowest BCUT2D eigenvalue weighted by Crippen LogP contribution is -2.48. The van der Waals surface area contributed by atoms with Gasteiger partial charge in [-0.2, -0.15) is 0 Å². The standard InChI is InChI=1S/C18H27N3O3.ClH/c1-18(2,14-3-4-15-16(13-14)24-12-11-23-15)17(22)20-7-10-21-8-5-19-6-9-21;/h3-4,13,19H,5-12H2,1-2H3,(H,20,22);1H. The number of nitrogens with zero attached hydrogens (tertiary/aromatic N) is 1. The highest BCUT2D eigenvalue weighted by atomic mass is 35.5. The van der Waals surface area contributed by atoms with Crippen LogP contribution in [-0.4, -0.2) is 63.3 Å². The zero-order valence-corrected chi connectivity index (χ0v) is 15.8. The fraction of sp³-hybridized carbons (Fsp3) is 0.611. The fourth-order valence-corrected chi connectivity index (χ4v) is 3.05. The van der Waals surface area contributed by atoms with E-state index in [1.165, 1.54) is 0 Å². The molecule has 2 N–H and O–H groups in total. The maximum absolute atomic E-state index is 12.7. The molecule has 0 spiro atoms. The SMILES string of the molecule is CC(C)(C(=O)NCCN1CCNCC1)c1ccc2c(c1)OCCO2.Cl. The summed E-state index contributed by atoms with van der Waals surface area (Å²) in [6.07, 6.45) is 0. The summed E-state index contributed by atoms with van der Waals surface area (Å²) in [4.78, 5) is 15.0. The first-order chi connectivity index (χ1) is 11.6. The molecule has 0 aliphatic carbocycles. The first-order valence-electron chi connectivity index (χ1n) is 8.69. The highest BCUT2D eigenvalue weighted by molar-refractivity contribution is 5.87. The Morgan fingerprint density at radius 2 is 1.88 bits per heavy atom. The van der Waals surface area contributed by atoms with Crippen LogP contribution in [0.15, 0.2) is 18.2 Å². The molecule has 0 aromatic heterocycles. The van der Waals surface area contributed by atoms with Gasteiger partial charge in [0.05, 0.1) is 5.41 Å². The van der Waals surface area contributed by atoms with E-state index in [9.17, 15) is 4.79 Å². The number of fused-ring (bicyclic) bond motifs is 1. The molecule has 25 heavy (non-hydrogen) atoms. The number of hydrogen-bond acceptors (Lipinski definition) is 5. The zero-order valence-electron chi connectivity index (χ0n) is 15.0. The first-order valence-corrected chi connectivity index (χ1v) is 8.69. The van der Waals surface area contributed by atoms with Crippen LogP contribution in [0.25, 0.3) is 0 Å². The molecule has 2 aliphatic rings. The molecule has 7 heteroatoms. The number of rotatable bonds is 5. The van der Waals surface area contributed by atoms with Gasteiger partial charge in [0.25, 0.3) is 0 Å². The van der Waals surface area contributed by atoms with Gasteiger partial charge in [0.2, 0.25) is 5.91 Å². The van der Waals surface area contributed by atoms with Gasteiger partial charge in [0.1, 0.15) is 13.2 Å². The average Bonchev–Trinajstić information content (AvgIpc) is 2.62. The summed E-state index contributed by atoms with van der Waals surface area (Å²) in [5.41, 5.74) is 0.325. The third-order valence-electron chi connectivity index (χ3n) is 4.75. The monoisotopic (exact) mass is 369 g/mol. The Morgan fingerprint density at radius 3 is 2.60 bits per heavy atom. The Hall–Kier alpha value is -1.50. The number of carbonyl (C=O) groups is 1. The van der Waals surface area contributed by atoms with E-state index in [1.807, 2.05) is 32.0 Å². The summed E-state index contributed by atoms with van der Waals surface area (Å²) < 4.78 is 11.2. The largest absolute Gasteiger partial charge is 0.486 e. The van der Waals surface area contributed by atoms with Gasteiger partial charge in [-0.3, -0.25) is 9.69 Å². The van der Waals surface area contributed by atoms with Crippen LogP contribution in [0.1, 0.15) is 19.4 Å². The van der Waals surface area contributed by atoms with E-state index in [0.717, 1.165) is 49.8 Å². The molecule has 0 bridgehead atoms. The Morgan fingerprint density at radius 1 is 1.20 bits per heavy atom. The molecule has 3 rings (SSSR count). The topological polar surface area (TPSA) is 62.8 Å². The maximum Gasteiger partial charge on any atom is 0.230 e. The number of amides is 1. The lowest BCUT2D eigenvalue weighted by molar-refractivity contribution is -0.125. The molecule has 1 aromatic rings. The number of piperazine rings is 1. The number of hydrogen-bond donors (Lipinski definition) is 2. The minimum Gasteiger partial charge on any atom is -0.486 e. The summed E-state index contributed by atoms with van der Waals surface area (Å²) in [6.45, 7) is 10.7. The zero-order chi connectivity index (χ0) is 17.0. The lowest BCUT2D eigenvalue weighted by Gasteiger charge is -2.29. The molecule has 0 atom stereocenters. The second-order valence-electron chi connectivity index (χ2n) is 6.83. The Balaban J connectivity index is 0.00000225. The number of ether oxygens (including phenoxy) is 2. The fourth-order valence-electron chi connectivity index (χ4n) is 3.05. The summed E-state index contributed by atoms with van der Waals surface area (Å²) >= 11 is 0. The molecular weight excluding hydrogens is 342 g/mol. The molecule has 2 aliphatic heterocycles. The van der Waals surface area contributed by atoms with Crippen molar-refractivity contribution in [3.05, 3.63) is 23.8 Å². The van der Waals surface area contributed by atoms with Crippen molar-refractivity contribution in [3.8, 4) is 11.5 Å². The first kappa shape index (κ1) is 19.8. The third-order valence-corrected chi connectivity index (χ3v) is 4.75. The van der Waals surface area contributed by atoms with Crippen molar-refractivity contribution in [2.45, 2.75) is 19.3 Å². The molecule has 2 heterocycles. The predicted molar refractivity (Wildman–Crippen MR) is 100 cm³/mol. The van der Waals surface area contributed by atoms with Crippen molar-refractivity contribution in [1.29, 1.82) is 0 Å². The highest BCUT2D eigenvalue weighted by Crippen LogP contribution is 2.35. The van der Waals surface area contributed by atoms with Gasteiger partial charge in [0.15, 0.2) is 11.5 Å². The summed E-state index contributed by atoms with van der Waals surface area (Å²) in [7, 11) is 0. The van der Waals surface area contributed by atoms with E-state index in [4.69, 9.17) is 9.47 Å². The molecule has 6 nitrogen and oxygen atoms in total. The van der Waals surface area contributed by atoms with Crippen molar-refractivity contribution in [2.24, 2.45) is 0 Å². The maximum atomic E-state index is 12.7. The van der Waals surface area contributed by atoms with Gasteiger partial charge in [-0.1, -0.05) is 6.07 Å². The molecule has 1 amide bonds.